The van der Waals surface area contributed by atoms with Gasteiger partial charge in [-0.05, 0) is 62.4 Å². The second-order valence-electron chi connectivity index (χ2n) is 7.65. The van der Waals surface area contributed by atoms with Crippen molar-refractivity contribution in [1.29, 1.82) is 0 Å². The lowest BCUT2D eigenvalue weighted by Crippen LogP contribution is -2.47. The summed E-state index contributed by atoms with van der Waals surface area (Å²) in [5, 5.41) is 8.19. The SMILES string of the molecule is CC1CCCC(C)N1S(=O)(=O)c1ccsc1C(=O)Nc1ccc(-n2cccn2)c(F)c1. The number of anilines is 1. The summed E-state index contributed by atoms with van der Waals surface area (Å²) in [5.74, 6) is -1.14. The van der Waals surface area contributed by atoms with Crippen molar-refractivity contribution in [2.75, 3.05) is 5.32 Å². The third-order valence-corrected chi connectivity index (χ3v) is 8.67. The summed E-state index contributed by atoms with van der Waals surface area (Å²) in [5.41, 5.74) is 0.477. The highest BCUT2D eigenvalue weighted by molar-refractivity contribution is 7.89. The van der Waals surface area contributed by atoms with Gasteiger partial charge in [0.15, 0.2) is 5.82 Å². The number of carbonyl (C=O) groups is 1. The molecule has 2 aromatic heterocycles. The van der Waals surface area contributed by atoms with E-state index >= 15 is 0 Å². The molecule has 1 fully saturated rings. The van der Waals surface area contributed by atoms with Gasteiger partial charge >= 0.3 is 0 Å². The molecule has 1 amide bonds. The molecule has 7 nitrogen and oxygen atoms in total. The number of rotatable bonds is 5. The Morgan fingerprint density at radius 1 is 1.23 bits per heavy atom. The van der Waals surface area contributed by atoms with E-state index in [0.717, 1.165) is 30.6 Å². The predicted molar refractivity (Wildman–Crippen MR) is 118 cm³/mol. The fourth-order valence-corrected chi connectivity index (χ4v) is 7.20. The molecule has 3 aromatic rings. The molecule has 0 bridgehead atoms. The molecular weight excluding hydrogens is 439 g/mol. The minimum Gasteiger partial charge on any atom is -0.321 e. The smallest absolute Gasteiger partial charge is 0.267 e. The number of piperidine rings is 1. The highest BCUT2D eigenvalue weighted by Crippen LogP contribution is 2.33. The van der Waals surface area contributed by atoms with Crippen LogP contribution in [0.3, 0.4) is 0 Å². The van der Waals surface area contributed by atoms with Crippen LogP contribution >= 0.6 is 11.3 Å². The molecular formula is C21H23FN4O3S2. The molecule has 2 unspecified atom stereocenters. The van der Waals surface area contributed by atoms with Gasteiger partial charge in [0.1, 0.15) is 15.5 Å². The van der Waals surface area contributed by atoms with Crippen LogP contribution in [0.5, 0.6) is 0 Å². The Bertz CT molecular complexity index is 1180. The molecule has 0 spiro atoms. The van der Waals surface area contributed by atoms with E-state index in [1.54, 1.807) is 23.7 Å². The molecule has 1 aliphatic heterocycles. The lowest BCUT2D eigenvalue weighted by molar-refractivity contribution is 0.102. The van der Waals surface area contributed by atoms with Gasteiger partial charge in [0.2, 0.25) is 10.0 Å². The van der Waals surface area contributed by atoms with Gasteiger partial charge in [-0.25, -0.2) is 17.5 Å². The standard InChI is InChI=1S/C21H23FN4O3S2/c1-14-5-3-6-15(2)26(14)31(28,29)19-9-12-30-20(19)21(27)24-16-7-8-18(17(22)13-16)25-11-4-10-23-25/h4,7-15H,3,5-6H2,1-2H3,(H,24,27). The number of amides is 1. The summed E-state index contributed by atoms with van der Waals surface area (Å²) in [6, 6.07) is 7.12. The van der Waals surface area contributed by atoms with Gasteiger partial charge in [-0.15, -0.1) is 11.3 Å². The number of hydrogen-bond acceptors (Lipinski definition) is 5. The average Bonchev–Trinajstić information content (AvgIpc) is 3.40. The molecule has 0 radical (unpaired) electrons. The highest BCUT2D eigenvalue weighted by atomic mass is 32.2. The van der Waals surface area contributed by atoms with Crippen molar-refractivity contribution in [3.8, 4) is 5.69 Å². The van der Waals surface area contributed by atoms with E-state index in [0.29, 0.717) is 0 Å². The van der Waals surface area contributed by atoms with E-state index in [1.807, 2.05) is 13.8 Å². The molecule has 1 saturated heterocycles. The van der Waals surface area contributed by atoms with Crippen molar-refractivity contribution >= 4 is 33.0 Å². The number of sulfonamides is 1. The maximum Gasteiger partial charge on any atom is 0.267 e. The van der Waals surface area contributed by atoms with E-state index in [1.165, 1.54) is 33.4 Å². The van der Waals surface area contributed by atoms with Gasteiger partial charge in [0.25, 0.3) is 5.91 Å². The molecule has 3 heterocycles. The first kappa shape index (κ1) is 21.7. The van der Waals surface area contributed by atoms with E-state index in [4.69, 9.17) is 0 Å². The normalized spacial score (nSPS) is 20.0. The van der Waals surface area contributed by atoms with Crippen molar-refractivity contribution in [3.05, 3.63) is 58.8 Å². The Morgan fingerprint density at radius 2 is 1.97 bits per heavy atom. The van der Waals surface area contributed by atoms with Gasteiger partial charge in [-0.3, -0.25) is 4.79 Å². The first-order valence-electron chi connectivity index (χ1n) is 10.0. The summed E-state index contributed by atoms with van der Waals surface area (Å²) < 4.78 is 44.1. The zero-order valence-corrected chi connectivity index (χ0v) is 18.8. The molecule has 0 saturated carbocycles. The van der Waals surface area contributed by atoms with Crippen molar-refractivity contribution in [2.24, 2.45) is 0 Å². The Labute approximate surface area is 184 Å². The number of nitrogens with zero attached hydrogens (tertiary/aromatic N) is 3. The number of hydrogen-bond donors (Lipinski definition) is 1. The second-order valence-corrected chi connectivity index (χ2v) is 10.4. The number of thiophene rings is 1. The number of halogens is 1. The van der Waals surface area contributed by atoms with Gasteiger partial charge in [0, 0.05) is 30.2 Å². The summed E-state index contributed by atoms with van der Waals surface area (Å²) in [4.78, 5) is 13.0. The Hall–Kier alpha value is -2.56. The third kappa shape index (κ3) is 4.15. The maximum atomic E-state index is 14.5. The van der Waals surface area contributed by atoms with E-state index in [2.05, 4.69) is 10.4 Å². The molecule has 31 heavy (non-hydrogen) atoms. The average molecular weight is 463 g/mol. The minimum atomic E-state index is -3.83. The Morgan fingerprint density at radius 3 is 2.61 bits per heavy atom. The van der Waals surface area contributed by atoms with Crippen LogP contribution in [0.4, 0.5) is 10.1 Å². The van der Waals surface area contributed by atoms with Crippen LogP contribution in [0.1, 0.15) is 42.8 Å². The number of nitrogens with one attached hydrogen (secondary N) is 1. The van der Waals surface area contributed by atoms with Crippen molar-refractivity contribution in [3.63, 3.8) is 0 Å². The van der Waals surface area contributed by atoms with Gasteiger partial charge < -0.3 is 5.32 Å². The van der Waals surface area contributed by atoms with Crippen LogP contribution in [0.15, 0.2) is 53.0 Å². The van der Waals surface area contributed by atoms with Crippen LogP contribution in [-0.4, -0.2) is 40.5 Å². The van der Waals surface area contributed by atoms with E-state index in [9.17, 15) is 17.6 Å². The maximum absolute atomic E-state index is 14.5. The quantitative estimate of drug-likeness (QED) is 0.614. The molecule has 4 rings (SSSR count). The topological polar surface area (TPSA) is 84.3 Å². The van der Waals surface area contributed by atoms with Crippen LogP contribution < -0.4 is 5.32 Å². The Kier molecular flexibility index (Phi) is 5.96. The van der Waals surface area contributed by atoms with E-state index in [-0.39, 0.29) is 33.2 Å². The van der Waals surface area contributed by atoms with Crippen molar-refractivity contribution < 1.29 is 17.6 Å². The van der Waals surface area contributed by atoms with Crippen LogP contribution in [0.2, 0.25) is 0 Å². The molecule has 0 aliphatic carbocycles. The molecule has 2 atom stereocenters. The second kappa shape index (κ2) is 8.52. The fourth-order valence-electron chi connectivity index (χ4n) is 4.02. The number of benzene rings is 1. The minimum absolute atomic E-state index is 0.00997. The van der Waals surface area contributed by atoms with Crippen molar-refractivity contribution in [2.45, 2.75) is 50.1 Å². The van der Waals surface area contributed by atoms with Crippen LogP contribution in [0, 0.1) is 5.82 Å². The zero-order valence-electron chi connectivity index (χ0n) is 17.2. The molecule has 1 aromatic carbocycles. The lowest BCUT2D eigenvalue weighted by atomic mass is 10.0. The third-order valence-electron chi connectivity index (χ3n) is 5.46. The molecule has 164 valence electrons. The van der Waals surface area contributed by atoms with Crippen LogP contribution in [-0.2, 0) is 10.0 Å². The predicted octanol–water partition coefficient (Wildman–Crippen LogP) is 4.28. The number of aromatic nitrogens is 2. The summed E-state index contributed by atoms with van der Waals surface area (Å²) in [6.45, 7) is 3.78. The summed E-state index contributed by atoms with van der Waals surface area (Å²) in [7, 11) is -3.83. The number of carbonyl (C=O) groups excluding carboxylic acids is 1. The largest absolute Gasteiger partial charge is 0.321 e. The molecule has 1 aliphatic rings. The van der Waals surface area contributed by atoms with Gasteiger partial charge in [-0.2, -0.15) is 9.40 Å². The Balaban J connectivity index is 1.59. The fraction of sp³-hybridized carbons (Fsp3) is 0.333. The lowest BCUT2D eigenvalue weighted by Gasteiger charge is -2.37. The first-order valence-corrected chi connectivity index (χ1v) is 12.3. The summed E-state index contributed by atoms with van der Waals surface area (Å²) in [6.07, 6.45) is 5.71. The molecule has 10 heteroatoms. The molecule has 1 N–H and O–H groups in total. The van der Waals surface area contributed by atoms with Crippen LogP contribution in [0.25, 0.3) is 5.69 Å². The van der Waals surface area contributed by atoms with Crippen molar-refractivity contribution in [1.82, 2.24) is 14.1 Å². The highest BCUT2D eigenvalue weighted by Gasteiger charge is 2.38. The summed E-state index contributed by atoms with van der Waals surface area (Å²) >= 11 is 1.05. The van der Waals surface area contributed by atoms with Gasteiger partial charge in [-0.1, -0.05) is 6.42 Å². The van der Waals surface area contributed by atoms with Gasteiger partial charge in [0.05, 0.1) is 0 Å². The first-order chi connectivity index (χ1) is 14.8. The zero-order chi connectivity index (χ0) is 22.2. The van der Waals surface area contributed by atoms with E-state index < -0.39 is 21.7 Å². The monoisotopic (exact) mass is 462 g/mol.